The zero-order valence-electron chi connectivity index (χ0n) is 13.7. The molecule has 0 unspecified atom stereocenters. The summed E-state index contributed by atoms with van der Waals surface area (Å²) >= 11 is 0. The summed E-state index contributed by atoms with van der Waals surface area (Å²) in [5.41, 5.74) is -0.703. The molecule has 8 nitrogen and oxygen atoms in total. The van der Waals surface area contributed by atoms with E-state index in [9.17, 15) is 19.7 Å². The molecule has 0 aliphatic rings. The van der Waals surface area contributed by atoms with Crippen LogP contribution in [0.5, 0.6) is 5.75 Å². The number of non-ortho nitro benzene ring substituents is 1. The van der Waals surface area contributed by atoms with Gasteiger partial charge in [-0.15, -0.1) is 0 Å². The Bertz CT molecular complexity index is 1060. The zero-order chi connectivity index (χ0) is 18.7. The van der Waals surface area contributed by atoms with Gasteiger partial charge in [-0.2, -0.15) is 0 Å². The molecule has 0 saturated heterocycles. The molecule has 1 amide bonds. The first-order chi connectivity index (χ1) is 12.5. The third-order valence-electron chi connectivity index (χ3n) is 3.61. The summed E-state index contributed by atoms with van der Waals surface area (Å²) in [6.07, 6.45) is 0. The van der Waals surface area contributed by atoms with E-state index < -0.39 is 16.5 Å². The summed E-state index contributed by atoms with van der Waals surface area (Å²) in [5, 5.41) is 13.8. The van der Waals surface area contributed by atoms with Crippen LogP contribution in [0.25, 0.3) is 11.0 Å². The lowest BCUT2D eigenvalue weighted by Crippen LogP contribution is -2.21. The number of hydrogen-bond donors (Lipinski definition) is 1. The number of rotatable bonds is 5. The first-order valence-corrected chi connectivity index (χ1v) is 7.75. The fourth-order valence-electron chi connectivity index (χ4n) is 2.42. The number of anilines is 1. The van der Waals surface area contributed by atoms with Gasteiger partial charge in [0, 0.05) is 17.5 Å². The highest BCUT2D eigenvalue weighted by molar-refractivity contribution is 6.06. The van der Waals surface area contributed by atoms with E-state index in [0.29, 0.717) is 18.0 Å². The van der Waals surface area contributed by atoms with Crippen molar-refractivity contribution in [1.29, 1.82) is 0 Å². The number of carbonyl (C=O) groups excluding carboxylic acids is 1. The molecule has 132 valence electrons. The summed E-state index contributed by atoms with van der Waals surface area (Å²) in [7, 11) is 0. The topological polar surface area (TPSA) is 112 Å². The molecule has 0 aliphatic heterocycles. The second kappa shape index (κ2) is 7.06. The van der Waals surface area contributed by atoms with Crippen molar-refractivity contribution in [2.24, 2.45) is 0 Å². The fourth-order valence-corrected chi connectivity index (χ4v) is 2.42. The number of nitro groups is 1. The second-order valence-electron chi connectivity index (χ2n) is 5.31. The Morgan fingerprint density at radius 2 is 2.00 bits per heavy atom. The van der Waals surface area contributed by atoms with Crippen LogP contribution in [-0.4, -0.2) is 17.4 Å². The van der Waals surface area contributed by atoms with E-state index >= 15 is 0 Å². The van der Waals surface area contributed by atoms with Crippen LogP contribution >= 0.6 is 0 Å². The predicted octanol–water partition coefficient (Wildman–Crippen LogP) is 3.35. The van der Waals surface area contributed by atoms with Crippen LogP contribution in [0.4, 0.5) is 11.4 Å². The quantitative estimate of drug-likeness (QED) is 0.427. The maximum absolute atomic E-state index is 12.5. The largest absolute Gasteiger partial charge is 0.492 e. The highest BCUT2D eigenvalue weighted by atomic mass is 16.6. The third-order valence-corrected chi connectivity index (χ3v) is 3.61. The van der Waals surface area contributed by atoms with E-state index in [-0.39, 0.29) is 22.2 Å². The molecule has 0 radical (unpaired) electrons. The van der Waals surface area contributed by atoms with E-state index in [2.05, 4.69) is 5.32 Å². The van der Waals surface area contributed by atoms with E-state index in [1.54, 1.807) is 24.3 Å². The molecule has 1 N–H and O–H groups in total. The summed E-state index contributed by atoms with van der Waals surface area (Å²) in [4.78, 5) is 34.9. The molecule has 1 aromatic heterocycles. The summed E-state index contributed by atoms with van der Waals surface area (Å²) < 4.78 is 10.5. The number of ether oxygens (including phenoxy) is 1. The molecule has 0 fully saturated rings. The van der Waals surface area contributed by atoms with E-state index in [1.165, 1.54) is 24.3 Å². The number of hydrogen-bond acceptors (Lipinski definition) is 6. The molecular formula is C18H14N2O6. The molecule has 8 heteroatoms. The standard InChI is InChI=1S/C18H14N2O6/c1-2-25-16-6-4-3-5-14(16)19-17(21)13-10-11-9-12(20(23)24)7-8-15(11)26-18(13)22/h3-10H,2H2,1H3,(H,19,21). The van der Waals surface area contributed by atoms with Gasteiger partial charge in [0.2, 0.25) is 0 Å². The van der Waals surface area contributed by atoms with Gasteiger partial charge in [0.05, 0.1) is 17.2 Å². The Kier molecular flexibility index (Phi) is 4.66. The molecule has 2 aromatic carbocycles. The van der Waals surface area contributed by atoms with Gasteiger partial charge in [-0.05, 0) is 31.2 Å². The van der Waals surface area contributed by atoms with Crippen LogP contribution in [-0.2, 0) is 0 Å². The zero-order valence-corrected chi connectivity index (χ0v) is 13.7. The van der Waals surface area contributed by atoms with E-state index in [4.69, 9.17) is 9.15 Å². The number of fused-ring (bicyclic) bond motifs is 1. The van der Waals surface area contributed by atoms with Crippen molar-refractivity contribution in [2.45, 2.75) is 6.92 Å². The van der Waals surface area contributed by atoms with Gasteiger partial charge in [-0.25, -0.2) is 4.79 Å². The predicted molar refractivity (Wildman–Crippen MR) is 94.7 cm³/mol. The smallest absolute Gasteiger partial charge is 0.349 e. The Hall–Kier alpha value is -3.68. The van der Waals surface area contributed by atoms with Crippen LogP contribution in [0.15, 0.2) is 57.7 Å². The van der Waals surface area contributed by atoms with Crippen LogP contribution in [0.1, 0.15) is 17.3 Å². The first kappa shape index (κ1) is 17.2. The van der Waals surface area contributed by atoms with Crippen molar-refractivity contribution in [3.63, 3.8) is 0 Å². The number of nitrogens with one attached hydrogen (secondary N) is 1. The molecular weight excluding hydrogens is 340 g/mol. The molecule has 0 saturated carbocycles. The Morgan fingerprint density at radius 3 is 2.73 bits per heavy atom. The Balaban J connectivity index is 1.99. The lowest BCUT2D eigenvalue weighted by Gasteiger charge is -2.11. The summed E-state index contributed by atoms with van der Waals surface area (Å²) in [6.45, 7) is 2.22. The molecule has 0 spiro atoms. The molecule has 26 heavy (non-hydrogen) atoms. The van der Waals surface area contributed by atoms with Gasteiger partial charge in [-0.3, -0.25) is 14.9 Å². The number of carbonyl (C=O) groups is 1. The number of nitrogens with zero attached hydrogens (tertiary/aromatic N) is 1. The van der Waals surface area contributed by atoms with Crippen molar-refractivity contribution in [2.75, 3.05) is 11.9 Å². The molecule has 0 aliphatic carbocycles. The normalized spacial score (nSPS) is 10.5. The molecule has 1 heterocycles. The van der Waals surface area contributed by atoms with Crippen LogP contribution in [0, 0.1) is 10.1 Å². The lowest BCUT2D eigenvalue weighted by molar-refractivity contribution is -0.384. The van der Waals surface area contributed by atoms with Crippen molar-refractivity contribution >= 4 is 28.3 Å². The SMILES string of the molecule is CCOc1ccccc1NC(=O)c1cc2cc([N+](=O)[O-])ccc2oc1=O. The number of benzene rings is 2. The average Bonchev–Trinajstić information content (AvgIpc) is 2.62. The molecule has 0 atom stereocenters. The Labute approximate surface area is 147 Å². The van der Waals surface area contributed by atoms with Gasteiger partial charge in [-0.1, -0.05) is 12.1 Å². The van der Waals surface area contributed by atoms with Gasteiger partial charge < -0.3 is 14.5 Å². The van der Waals surface area contributed by atoms with Gasteiger partial charge in [0.25, 0.3) is 11.6 Å². The molecule has 0 bridgehead atoms. The monoisotopic (exact) mass is 354 g/mol. The minimum atomic E-state index is -0.835. The second-order valence-corrected chi connectivity index (χ2v) is 5.31. The number of para-hydroxylation sites is 2. The lowest BCUT2D eigenvalue weighted by atomic mass is 10.1. The Morgan fingerprint density at radius 1 is 1.23 bits per heavy atom. The highest BCUT2D eigenvalue weighted by Crippen LogP contribution is 2.25. The summed E-state index contributed by atoms with van der Waals surface area (Å²) in [5.74, 6) is -0.233. The van der Waals surface area contributed by atoms with Crippen LogP contribution in [0.2, 0.25) is 0 Å². The van der Waals surface area contributed by atoms with Gasteiger partial charge in [0.15, 0.2) is 0 Å². The minimum Gasteiger partial charge on any atom is -0.492 e. The van der Waals surface area contributed by atoms with Crippen molar-refractivity contribution < 1.29 is 18.9 Å². The van der Waals surface area contributed by atoms with E-state index in [0.717, 1.165) is 0 Å². The first-order valence-electron chi connectivity index (χ1n) is 7.75. The van der Waals surface area contributed by atoms with Crippen molar-refractivity contribution in [1.82, 2.24) is 0 Å². The highest BCUT2D eigenvalue weighted by Gasteiger charge is 2.17. The van der Waals surface area contributed by atoms with E-state index in [1.807, 2.05) is 6.92 Å². The summed E-state index contributed by atoms with van der Waals surface area (Å²) in [6, 6.07) is 11.8. The van der Waals surface area contributed by atoms with Crippen LogP contribution < -0.4 is 15.7 Å². The van der Waals surface area contributed by atoms with Gasteiger partial charge >= 0.3 is 5.63 Å². The van der Waals surface area contributed by atoms with Crippen LogP contribution in [0.3, 0.4) is 0 Å². The average molecular weight is 354 g/mol. The third kappa shape index (κ3) is 3.39. The van der Waals surface area contributed by atoms with Crippen molar-refractivity contribution in [3.8, 4) is 5.75 Å². The fraction of sp³-hybridized carbons (Fsp3) is 0.111. The maximum Gasteiger partial charge on any atom is 0.349 e. The molecule has 3 aromatic rings. The number of amides is 1. The molecule has 3 rings (SSSR count). The van der Waals surface area contributed by atoms with Crippen molar-refractivity contribution in [3.05, 3.63) is 74.6 Å². The minimum absolute atomic E-state index is 0.159. The number of nitro benzene ring substituents is 1. The van der Waals surface area contributed by atoms with Gasteiger partial charge in [0.1, 0.15) is 16.9 Å². The maximum atomic E-state index is 12.5.